The van der Waals surface area contributed by atoms with Crippen molar-refractivity contribution in [3.8, 4) is 0 Å². The maximum absolute atomic E-state index is 12.3. The van der Waals surface area contributed by atoms with Crippen LogP contribution in [0.1, 0.15) is 33.1 Å². The first-order valence-corrected chi connectivity index (χ1v) is 6.41. The highest BCUT2D eigenvalue weighted by molar-refractivity contribution is 4.77. The Labute approximate surface area is 106 Å². The van der Waals surface area contributed by atoms with E-state index in [1.165, 1.54) is 0 Å². The Balaban J connectivity index is 2.49. The molecule has 0 spiro atoms. The molecular formula is C12H22F3NO2. The quantitative estimate of drug-likeness (QED) is 0.830. The lowest BCUT2D eigenvalue weighted by atomic mass is 10.1. The van der Waals surface area contributed by atoms with Crippen molar-refractivity contribution >= 4 is 0 Å². The first kappa shape index (κ1) is 15.7. The summed E-state index contributed by atoms with van der Waals surface area (Å²) in [7, 11) is 0. The fourth-order valence-electron chi connectivity index (χ4n) is 2.03. The van der Waals surface area contributed by atoms with Crippen molar-refractivity contribution in [2.75, 3.05) is 19.7 Å². The fraction of sp³-hybridized carbons (Fsp3) is 1.00. The minimum Gasteiger partial charge on any atom is -0.382 e. The molecule has 1 rings (SSSR count). The molecule has 0 bridgehead atoms. The monoisotopic (exact) mass is 269 g/mol. The highest BCUT2D eigenvalue weighted by Crippen LogP contribution is 2.22. The molecule has 3 nitrogen and oxygen atoms in total. The number of hydrogen-bond acceptors (Lipinski definition) is 3. The van der Waals surface area contributed by atoms with Crippen LogP contribution >= 0.6 is 0 Å². The van der Waals surface area contributed by atoms with Crippen LogP contribution in [0.2, 0.25) is 0 Å². The van der Waals surface area contributed by atoms with Crippen LogP contribution in [0.15, 0.2) is 0 Å². The topological polar surface area (TPSA) is 32.7 Å². The van der Waals surface area contributed by atoms with E-state index in [2.05, 4.69) is 0 Å². The van der Waals surface area contributed by atoms with E-state index in [0.717, 1.165) is 19.3 Å². The molecule has 1 saturated heterocycles. The smallest absolute Gasteiger partial charge is 0.382 e. The SMILES string of the molecule is CC(C)N(C[C@H]1CCCCO1)C[C@H](O)C(F)(F)F. The summed E-state index contributed by atoms with van der Waals surface area (Å²) in [6.07, 6.45) is -3.90. The van der Waals surface area contributed by atoms with Crippen LogP contribution in [0.25, 0.3) is 0 Å². The Morgan fingerprint density at radius 2 is 2.00 bits per heavy atom. The van der Waals surface area contributed by atoms with Gasteiger partial charge in [0.15, 0.2) is 6.10 Å². The first-order chi connectivity index (χ1) is 8.30. The van der Waals surface area contributed by atoms with Crippen LogP contribution in [0.5, 0.6) is 0 Å². The molecule has 18 heavy (non-hydrogen) atoms. The minimum absolute atomic E-state index is 0.0124. The van der Waals surface area contributed by atoms with E-state index in [9.17, 15) is 13.2 Å². The summed E-state index contributed by atoms with van der Waals surface area (Å²) < 4.78 is 42.6. The molecule has 2 atom stereocenters. The zero-order valence-corrected chi connectivity index (χ0v) is 10.9. The molecule has 0 aromatic rings. The minimum atomic E-state index is -4.55. The van der Waals surface area contributed by atoms with Gasteiger partial charge in [-0.25, -0.2) is 0 Å². The van der Waals surface area contributed by atoms with Crippen molar-refractivity contribution < 1.29 is 23.0 Å². The highest BCUT2D eigenvalue weighted by atomic mass is 19.4. The van der Waals surface area contributed by atoms with Crippen molar-refractivity contribution in [3.63, 3.8) is 0 Å². The third-order valence-electron chi connectivity index (χ3n) is 3.23. The van der Waals surface area contributed by atoms with Crippen molar-refractivity contribution in [3.05, 3.63) is 0 Å². The molecule has 1 aliphatic heterocycles. The third-order valence-corrected chi connectivity index (χ3v) is 3.23. The molecule has 0 unspecified atom stereocenters. The van der Waals surface area contributed by atoms with Gasteiger partial charge in [-0.1, -0.05) is 0 Å². The maximum atomic E-state index is 12.3. The van der Waals surface area contributed by atoms with Crippen LogP contribution in [-0.4, -0.2) is 54.1 Å². The number of ether oxygens (including phenoxy) is 1. The molecule has 0 aromatic heterocycles. The van der Waals surface area contributed by atoms with Gasteiger partial charge in [-0.15, -0.1) is 0 Å². The summed E-state index contributed by atoms with van der Waals surface area (Å²) in [4.78, 5) is 1.63. The molecule has 1 heterocycles. The molecule has 108 valence electrons. The zero-order valence-electron chi connectivity index (χ0n) is 10.9. The van der Waals surface area contributed by atoms with Crippen LogP contribution < -0.4 is 0 Å². The Morgan fingerprint density at radius 1 is 1.33 bits per heavy atom. The van der Waals surface area contributed by atoms with Crippen LogP contribution in [0, 0.1) is 0 Å². The second-order valence-corrected chi connectivity index (χ2v) is 5.09. The van der Waals surface area contributed by atoms with Gasteiger partial charge in [-0.3, -0.25) is 4.90 Å². The second-order valence-electron chi connectivity index (χ2n) is 5.09. The second kappa shape index (κ2) is 6.73. The van der Waals surface area contributed by atoms with Gasteiger partial charge in [0.25, 0.3) is 0 Å². The number of aliphatic hydroxyl groups is 1. The van der Waals surface area contributed by atoms with E-state index in [1.807, 2.05) is 13.8 Å². The molecule has 0 aromatic carbocycles. The zero-order chi connectivity index (χ0) is 13.8. The summed E-state index contributed by atoms with van der Waals surface area (Å²) in [6, 6.07) is -0.0486. The van der Waals surface area contributed by atoms with Gasteiger partial charge >= 0.3 is 6.18 Å². The number of rotatable bonds is 5. The molecule has 0 aliphatic carbocycles. The number of hydrogen-bond donors (Lipinski definition) is 1. The van der Waals surface area contributed by atoms with E-state index in [1.54, 1.807) is 4.90 Å². The van der Waals surface area contributed by atoms with E-state index in [4.69, 9.17) is 9.84 Å². The van der Waals surface area contributed by atoms with E-state index in [-0.39, 0.29) is 18.7 Å². The maximum Gasteiger partial charge on any atom is 0.415 e. The van der Waals surface area contributed by atoms with E-state index < -0.39 is 12.3 Å². The van der Waals surface area contributed by atoms with Gasteiger partial charge in [0, 0.05) is 25.7 Å². The van der Waals surface area contributed by atoms with E-state index >= 15 is 0 Å². The van der Waals surface area contributed by atoms with Gasteiger partial charge in [-0.05, 0) is 33.1 Å². The summed E-state index contributed by atoms with van der Waals surface area (Å²) in [6.45, 7) is 4.39. The lowest BCUT2D eigenvalue weighted by Crippen LogP contribution is -2.47. The summed E-state index contributed by atoms with van der Waals surface area (Å²) in [5, 5.41) is 9.13. The molecule has 0 radical (unpaired) electrons. The predicted molar refractivity (Wildman–Crippen MR) is 62.4 cm³/mol. The number of aliphatic hydroxyl groups excluding tert-OH is 1. The molecular weight excluding hydrogens is 247 g/mol. The van der Waals surface area contributed by atoms with Gasteiger partial charge in [0.05, 0.1) is 6.10 Å². The van der Waals surface area contributed by atoms with Crippen molar-refractivity contribution in [2.45, 2.75) is 57.5 Å². The number of nitrogens with zero attached hydrogens (tertiary/aromatic N) is 1. The van der Waals surface area contributed by atoms with Gasteiger partial charge in [-0.2, -0.15) is 13.2 Å². The van der Waals surface area contributed by atoms with Gasteiger partial charge in [0.2, 0.25) is 0 Å². The third kappa shape index (κ3) is 5.12. The van der Waals surface area contributed by atoms with Gasteiger partial charge in [0.1, 0.15) is 0 Å². The Bertz CT molecular complexity index is 240. The molecule has 1 aliphatic rings. The number of halogens is 3. The lowest BCUT2D eigenvalue weighted by molar-refractivity contribution is -0.210. The molecule has 0 amide bonds. The Morgan fingerprint density at radius 3 is 2.44 bits per heavy atom. The summed E-state index contributed by atoms with van der Waals surface area (Å²) in [5.74, 6) is 0. The molecule has 1 fully saturated rings. The highest BCUT2D eigenvalue weighted by Gasteiger charge is 2.39. The average Bonchev–Trinajstić information content (AvgIpc) is 2.28. The predicted octanol–water partition coefficient (Wildman–Crippen LogP) is 2.19. The Hall–Kier alpha value is -0.330. The molecule has 6 heteroatoms. The standard InChI is InChI=1S/C12H22F3NO2/c1-9(2)16(8-11(17)12(13,14)15)7-10-5-3-4-6-18-10/h9-11,17H,3-8H2,1-2H3/t10-,11+/m1/s1. The molecule has 0 saturated carbocycles. The van der Waals surface area contributed by atoms with Crippen LogP contribution in [0.3, 0.4) is 0 Å². The fourth-order valence-corrected chi connectivity index (χ4v) is 2.03. The van der Waals surface area contributed by atoms with Gasteiger partial charge < -0.3 is 9.84 Å². The summed E-state index contributed by atoms with van der Waals surface area (Å²) in [5.41, 5.74) is 0. The van der Waals surface area contributed by atoms with Crippen molar-refractivity contribution in [2.24, 2.45) is 0 Å². The molecule has 1 N–H and O–H groups in total. The van der Waals surface area contributed by atoms with Crippen LogP contribution in [0.4, 0.5) is 13.2 Å². The largest absolute Gasteiger partial charge is 0.415 e. The van der Waals surface area contributed by atoms with Crippen molar-refractivity contribution in [1.82, 2.24) is 4.90 Å². The first-order valence-electron chi connectivity index (χ1n) is 6.41. The normalized spacial score (nSPS) is 23.7. The van der Waals surface area contributed by atoms with Crippen molar-refractivity contribution in [1.29, 1.82) is 0 Å². The van der Waals surface area contributed by atoms with Crippen LogP contribution in [-0.2, 0) is 4.74 Å². The number of alkyl halides is 3. The average molecular weight is 269 g/mol. The van der Waals surface area contributed by atoms with E-state index in [0.29, 0.717) is 13.2 Å². The summed E-state index contributed by atoms with van der Waals surface area (Å²) >= 11 is 0. The Kier molecular flexibility index (Phi) is 5.88. The lowest BCUT2D eigenvalue weighted by Gasteiger charge is -2.34.